The molecule has 1 amide bonds. The van der Waals surface area contributed by atoms with Crippen molar-refractivity contribution >= 4 is 5.91 Å². The van der Waals surface area contributed by atoms with Gasteiger partial charge in [-0.15, -0.1) is 0 Å². The second-order valence-corrected chi connectivity index (χ2v) is 4.26. The third-order valence-electron chi connectivity index (χ3n) is 2.74. The first-order valence-corrected chi connectivity index (χ1v) is 5.74. The number of aliphatic hydroxyl groups excluding tert-OH is 1. The molecule has 1 rings (SSSR count). The quantitative estimate of drug-likeness (QED) is 0.678. The molecule has 0 aliphatic carbocycles. The molecule has 3 N–H and O–H groups in total. The Kier molecular flexibility index (Phi) is 5.12. The standard InChI is InChI=1S/C13H20N2O2/c1-13(10-16,11-6-4-3-5-7-11)15-12(17)8-9-14-2/h3-7,14,16H,8-10H2,1-2H3,(H,15,17). The second kappa shape index (κ2) is 6.37. The first kappa shape index (κ1) is 13.7. The van der Waals surface area contributed by atoms with Crippen LogP contribution in [-0.2, 0) is 10.3 Å². The van der Waals surface area contributed by atoms with E-state index in [1.165, 1.54) is 0 Å². The molecule has 0 saturated heterocycles. The predicted octanol–water partition coefficient (Wildman–Crippen LogP) is 0.620. The van der Waals surface area contributed by atoms with E-state index < -0.39 is 5.54 Å². The van der Waals surface area contributed by atoms with Gasteiger partial charge >= 0.3 is 0 Å². The molecular formula is C13H20N2O2. The molecule has 4 nitrogen and oxygen atoms in total. The topological polar surface area (TPSA) is 61.4 Å². The smallest absolute Gasteiger partial charge is 0.222 e. The van der Waals surface area contributed by atoms with Crippen molar-refractivity contribution in [3.05, 3.63) is 35.9 Å². The minimum atomic E-state index is -0.716. The zero-order valence-electron chi connectivity index (χ0n) is 10.4. The van der Waals surface area contributed by atoms with E-state index in [0.717, 1.165) is 5.56 Å². The van der Waals surface area contributed by atoms with Crippen LogP contribution in [-0.4, -0.2) is 31.2 Å². The summed E-state index contributed by atoms with van der Waals surface area (Å²) >= 11 is 0. The molecule has 1 aromatic carbocycles. The van der Waals surface area contributed by atoms with Gasteiger partial charge in [-0.3, -0.25) is 4.79 Å². The van der Waals surface area contributed by atoms with Gasteiger partial charge in [0.25, 0.3) is 0 Å². The van der Waals surface area contributed by atoms with E-state index in [9.17, 15) is 9.90 Å². The number of amides is 1. The lowest BCUT2D eigenvalue weighted by Crippen LogP contribution is -2.46. The summed E-state index contributed by atoms with van der Waals surface area (Å²) in [7, 11) is 1.80. The molecule has 94 valence electrons. The Labute approximate surface area is 102 Å². The van der Waals surface area contributed by atoms with E-state index in [4.69, 9.17) is 0 Å². The van der Waals surface area contributed by atoms with Crippen molar-refractivity contribution in [2.45, 2.75) is 18.9 Å². The Morgan fingerprint density at radius 2 is 2.00 bits per heavy atom. The Morgan fingerprint density at radius 3 is 2.53 bits per heavy atom. The van der Waals surface area contributed by atoms with Crippen LogP contribution < -0.4 is 10.6 Å². The number of hydrogen-bond donors (Lipinski definition) is 3. The zero-order chi connectivity index (χ0) is 12.7. The van der Waals surface area contributed by atoms with E-state index >= 15 is 0 Å². The molecule has 1 unspecified atom stereocenters. The maximum Gasteiger partial charge on any atom is 0.222 e. The van der Waals surface area contributed by atoms with Crippen molar-refractivity contribution in [1.82, 2.24) is 10.6 Å². The van der Waals surface area contributed by atoms with E-state index in [-0.39, 0.29) is 12.5 Å². The summed E-state index contributed by atoms with van der Waals surface area (Å²) in [4.78, 5) is 11.7. The zero-order valence-corrected chi connectivity index (χ0v) is 10.4. The van der Waals surface area contributed by atoms with E-state index in [2.05, 4.69) is 10.6 Å². The molecule has 0 aliphatic heterocycles. The third kappa shape index (κ3) is 3.84. The molecule has 0 bridgehead atoms. The molecule has 1 atom stereocenters. The number of carbonyl (C=O) groups excluding carboxylic acids is 1. The monoisotopic (exact) mass is 236 g/mol. The summed E-state index contributed by atoms with van der Waals surface area (Å²) < 4.78 is 0. The molecule has 0 radical (unpaired) electrons. The molecule has 0 saturated carbocycles. The first-order valence-electron chi connectivity index (χ1n) is 5.74. The Bertz CT molecular complexity index is 354. The van der Waals surface area contributed by atoms with Gasteiger partial charge in [0.2, 0.25) is 5.91 Å². The van der Waals surface area contributed by atoms with Crippen LogP contribution in [0.4, 0.5) is 0 Å². The summed E-state index contributed by atoms with van der Waals surface area (Å²) in [6, 6.07) is 9.49. The van der Waals surface area contributed by atoms with Crippen molar-refractivity contribution < 1.29 is 9.90 Å². The van der Waals surface area contributed by atoms with E-state index in [1.54, 1.807) is 7.05 Å². The van der Waals surface area contributed by atoms with Gasteiger partial charge < -0.3 is 15.7 Å². The fraction of sp³-hybridized carbons (Fsp3) is 0.462. The predicted molar refractivity (Wildman–Crippen MR) is 67.6 cm³/mol. The normalized spacial score (nSPS) is 14.1. The van der Waals surface area contributed by atoms with Crippen LogP contribution in [0.25, 0.3) is 0 Å². The number of nitrogens with one attached hydrogen (secondary N) is 2. The van der Waals surface area contributed by atoms with Crippen molar-refractivity contribution in [2.24, 2.45) is 0 Å². The molecule has 17 heavy (non-hydrogen) atoms. The van der Waals surface area contributed by atoms with Gasteiger partial charge in [-0.1, -0.05) is 30.3 Å². The Hall–Kier alpha value is -1.39. The summed E-state index contributed by atoms with van der Waals surface area (Å²) in [6.07, 6.45) is 0.402. The molecule has 0 aromatic heterocycles. The number of aliphatic hydroxyl groups is 1. The van der Waals surface area contributed by atoms with E-state index in [0.29, 0.717) is 13.0 Å². The molecule has 0 aliphatic rings. The SMILES string of the molecule is CNCCC(=O)NC(C)(CO)c1ccccc1. The maximum atomic E-state index is 11.7. The summed E-state index contributed by atoms with van der Waals surface area (Å²) in [5.74, 6) is -0.0697. The lowest BCUT2D eigenvalue weighted by Gasteiger charge is -2.29. The largest absolute Gasteiger partial charge is 0.394 e. The fourth-order valence-corrected chi connectivity index (χ4v) is 1.62. The molecule has 4 heteroatoms. The minimum absolute atomic E-state index is 0.0697. The highest BCUT2D eigenvalue weighted by Crippen LogP contribution is 2.19. The molecule has 0 heterocycles. The van der Waals surface area contributed by atoms with Crippen molar-refractivity contribution in [3.8, 4) is 0 Å². The summed E-state index contributed by atoms with van der Waals surface area (Å²) in [5.41, 5.74) is 0.187. The van der Waals surface area contributed by atoms with Gasteiger partial charge in [-0.25, -0.2) is 0 Å². The first-order chi connectivity index (χ1) is 8.12. The highest BCUT2D eigenvalue weighted by atomic mass is 16.3. The van der Waals surface area contributed by atoms with Gasteiger partial charge in [-0.05, 0) is 19.5 Å². The molecule has 0 spiro atoms. The lowest BCUT2D eigenvalue weighted by molar-refractivity contribution is -0.123. The second-order valence-electron chi connectivity index (χ2n) is 4.26. The van der Waals surface area contributed by atoms with Crippen molar-refractivity contribution in [3.63, 3.8) is 0 Å². The number of benzene rings is 1. The highest BCUT2D eigenvalue weighted by Gasteiger charge is 2.27. The molecular weight excluding hydrogens is 216 g/mol. The van der Waals surface area contributed by atoms with Gasteiger partial charge in [0, 0.05) is 13.0 Å². The molecule has 1 aromatic rings. The lowest BCUT2D eigenvalue weighted by atomic mass is 9.93. The van der Waals surface area contributed by atoms with Gasteiger partial charge in [0.05, 0.1) is 12.1 Å². The number of hydrogen-bond acceptors (Lipinski definition) is 3. The molecule has 0 fully saturated rings. The van der Waals surface area contributed by atoms with E-state index in [1.807, 2.05) is 37.3 Å². The number of rotatable bonds is 6. The average Bonchev–Trinajstić information content (AvgIpc) is 2.37. The maximum absolute atomic E-state index is 11.7. The van der Waals surface area contributed by atoms with Gasteiger partial charge in [0.1, 0.15) is 0 Å². The van der Waals surface area contributed by atoms with Crippen molar-refractivity contribution in [1.29, 1.82) is 0 Å². The Morgan fingerprint density at radius 1 is 1.35 bits per heavy atom. The minimum Gasteiger partial charge on any atom is -0.394 e. The van der Waals surface area contributed by atoms with Crippen LogP contribution >= 0.6 is 0 Å². The summed E-state index contributed by atoms with van der Waals surface area (Å²) in [5, 5.41) is 15.3. The van der Waals surface area contributed by atoms with Crippen LogP contribution in [0.3, 0.4) is 0 Å². The average molecular weight is 236 g/mol. The van der Waals surface area contributed by atoms with Crippen LogP contribution in [0.5, 0.6) is 0 Å². The third-order valence-corrected chi connectivity index (χ3v) is 2.74. The van der Waals surface area contributed by atoms with Crippen LogP contribution in [0.2, 0.25) is 0 Å². The van der Waals surface area contributed by atoms with Crippen LogP contribution in [0, 0.1) is 0 Å². The van der Waals surface area contributed by atoms with Gasteiger partial charge in [0.15, 0.2) is 0 Å². The van der Waals surface area contributed by atoms with Gasteiger partial charge in [-0.2, -0.15) is 0 Å². The van der Waals surface area contributed by atoms with Crippen LogP contribution in [0.15, 0.2) is 30.3 Å². The number of carbonyl (C=O) groups is 1. The van der Waals surface area contributed by atoms with Crippen molar-refractivity contribution in [2.75, 3.05) is 20.2 Å². The highest BCUT2D eigenvalue weighted by molar-refractivity contribution is 5.77. The van der Waals surface area contributed by atoms with Crippen LogP contribution in [0.1, 0.15) is 18.9 Å². The fourth-order valence-electron chi connectivity index (χ4n) is 1.62. The Balaban J connectivity index is 2.72. The summed E-state index contributed by atoms with van der Waals surface area (Å²) in [6.45, 7) is 2.32.